The minimum absolute atomic E-state index is 0.757. The van der Waals surface area contributed by atoms with E-state index in [1.807, 2.05) is 0 Å². The Kier molecular flexibility index (Phi) is 3.14. The highest BCUT2D eigenvalue weighted by atomic mass is 35.5. The summed E-state index contributed by atoms with van der Waals surface area (Å²) in [4.78, 5) is 0. The van der Waals surface area contributed by atoms with Crippen molar-refractivity contribution in [3.8, 4) is 0 Å². The lowest BCUT2D eigenvalue weighted by atomic mass is 10.1. The van der Waals surface area contributed by atoms with Gasteiger partial charge in [-0.2, -0.15) is 0 Å². The first-order valence-electron chi connectivity index (χ1n) is 6.72. The van der Waals surface area contributed by atoms with Crippen LogP contribution in [0, 0.1) is 18.8 Å². The van der Waals surface area contributed by atoms with Gasteiger partial charge in [-0.3, -0.25) is 0 Å². The van der Waals surface area contributed by atoms with Crippen LogP contribution in [0.25, 0.3) is 0 Å². The van der Waals surface area contributed by atoms with Gasteiger partial charge in [0.25, 0.3) is 0 Å². The van der Waals surface area contributed by atoms with Gasteiger partial charge >= 0.3 is 0 Å². The number of rotatable bonds is 5. The zero-order chi connectivity index (χ0) is 11.8. The first-order valence-corrected chi connectivity index (χ1v) is 7.10. The topological polar surface area (TPSA) is 12.0 Å². The monoisotopic (exact) mass is 249 g/mol. The van der Waals surface area contributed by atoms with Gasteiger partial charge in [0.05, 0.1) is 0 Å². The van der Waals surface area contributed by atoms with Crippen LogP contribution in [0.2, 0.25) is 5.02 Å². The van der Waals surface area contributed by atoms with E-state index in [1.165, 1.54) is 36.8 Å². The van der Waals surface area contributed by atoms with Gasteiger partial charge in [-0.25, -0.2) is 0 Å². The Hall–Kier alpha value is -0.530. The molecule has 2 aliphatic rings. The molecule has 1 N–H and O–H groups in total. The summed E-state index contributed by atoms with van der Waals surface area (Å²) >= 11 is 6.26. The van der Waals surface area contributed by atoms with Gasteiger partial charge < -0.3 is 5.32 Å². The lowest BCUT2D eigenvalue weighted by molar-refractivity contribution is 0.416. The minimum Gasteiger partial charge on any atom is -0.309 e. The molecule has 0 saturated heterocycles. The molecular formula is C15H20ClN. The predicted molar refractivity (Wildman–Crippen MR) is 72.3 cm³/mol. The average molecular weight is 250 g/mol. The van der Waals surface area contributed by atoms with Crippen LogP contribution < -0.4 is 5.32 Å². The molecule has 2 aliphatic carbocycles. The maximum atomic E-state index is 6.26. The Morgan fingerprint density at radius 3 is 2.41 bits per heavy atom. The zero-order valence-corrected chi connectivity index (χ0v) is 11.1. The van der Waals surface area contributed by atoms with Crippen molar-refractivity contribution in [2.45, 2.75) is 45.2 Å². The van der Waals surface area contributed by atoms with E-state index in [1.54, 1.807) is 0 Å². The van der Waals surface area contributed by atoms with Gasteiger partial charge in [-0.1, -0.05) is 23.7 Å². The number of aryl methyl sites for hydroxylation is 1. The Balaban J connectivity index is 1.62. The molecule has 0 aromatic heterocycles. The molecule has 17 heavy (non-hydrogen) atoms. The first-order chi connectivity index (χ1) is 8.24. The lowest BCUT2D eigenvalue weighted by Crippen LogP contribution is -2.32. The van der Waals surface area contributed by atoms with Gasteiger partial charge in [0, 0.05) is 17.6 Å². The van der Waals surface area contributed by atoms with E-state index < -0.39 is 0 Å². The van der Waals surface area contributed by atoms with Crippen LogP contribution >= 0.6 is 11.6 Å². The summed E-state index contributed by atoms with van der Waals surface area (Å²) in [6.45, 7) is 3.01. The molecule has 1 aromatic carbocycles. The summed E-state index contributed by atoms with van der Waals surface area (Å²) in [6, 6.07) is 7.11. The molecule has 2 saturated carbocycles. The third kappa shape index (κ3) is 2.83. The second-order valence-corrected chi connectivity index (χ2v) is 6.08. The fourth-order valence-corrected chi connectivity index (χ4v) is 2.95. The second kappa shape index (κ2) is 4.62. The van der Waals surface area contributed by atoms with Gasteiger partial charge in [0.2, 0.25) is 0 Å². The van der Waals surface area contributed by atoms with Crippen molar-refractivity contribution in [1.82, 2.24) is 5.32 Å². The SMILES string of the molecule is Cc1ccc(CNC(C2CC2)C2CC2)c(Cl)c1. The van der Waals surface area contributed by atoms with Gasteiger partial charge in [0.15, 0.2) is 0 Å². The molecule has 1 aromatic rings. The quantitative estimate of drug-likeness (QED) is 0.834. The van der Waals surface area contributed by atoms with Crippen LogP contribution in [0.4, 0.5) is 0 Å². The molecule has 0 unspecified atom stereocenters. The van der Waals surface area contributed by atoms with Crippen molar-refractivity contribution < 1.29 is 0 Å². The van der Waals surface area contributed by atoms with Crippen molar-refractivity contribution in [3.05, 3.63) is 34.3 Å². The molecular weight excluding hydrogens is 230 g/mol. The van der Waals surface area contributed by atoms with Crippen LogP contribution in [0.5, 0.6) is 0 Å². The summed E-state index contributed by atoms with van der Waals surface area (Å²) in [7, 11) is 0. The summed E-state index contributed by atoms with van der Waals surface area (Å²) < 4.78 is 0. The number of hydrogen-bond donors (Lipinski definition) is 1. The molecule has 0 amide bonds. The average Bonchev–Trinajstić information content (AvgIpc) is 3.15. The number of benzene rings is 1. The molecule has 92 valence electrons. The maximum Gasteiger partial charge on any atom is 0.0453 e. The zero-order valence-electron chi connectivity index (χ0n) is 10.4. The molecule has 0 heterocycles. The van der Waals surface area contributed by atoms with Crippen LogP contribution in [-0.4, -0.2) is 6.04 Å². The molecule has 0 aliphatic heterocycles. The number of hydrogen-bond acceptors (Lipinski definition) is 1. The fraction of sp³-hybridized carbons (Fsp3) is 0.600. The lowest BCUT2D eigenvalue weighted by Gasteiger charge is -2.18. The van der Waals surface area contributed by atoms with Gasteiger partial charge in [0.1, 0.15) is 0 Å². The highest BCUT2D eigenvalue weighted by Crippen LogP contribution is 2.44. The smallest absolute Gasteiger partial charge is 0.0453 e. The predicted octanol–water partition coefficient (Wildman–Crippen LogP) is 3.93. The highest BCUT2D eigenvalue weighted by Gasteiger charge is 2.40. The molecule has 2 heteroatoms. The summed E-state index contributed by atoms with van der Waals surface area (Å²) in [5.41, 5.74) is 2.48. The number of halogens is 1. The van der Waals surface area contributed by atoms with Crippen molar-refractivity contribution in [2.24, 2.45) is 11.8 Å². The van der Waals surface area contributed by atoms with Crippen LogP contribution in [-0.2, 0) is 6.54 Å². The second-order valence-electron chi connectivity index (χ2n) is 5.68. The molecule has 2 fully saturated rings. The molecule has 1 nitrogen and oxygen atoms in total. The minimum atomic E-state index is 0.757. The van der Waals surface area contributed by atoms with Crippen molar-refractivity contribution in [3.63, 3.8) is 0 Å². The van der Waals surface area contributed by atoms with Crippen LogP contribution in [0.3, 0.4) is 0 Å². The van der Waals surface area contributed by atoms with E-state index >= 15 is 0 Å². The molecule has 0 atom stereocenters. The Morgan fingerprint density at radius 2 is 1.88 bits per heavy atom. The van der Waals surface area contributed by atoms with Crippen LogP contribution in [0.15, 0.2) is 18.2 Å². The summed E-state index contributed by atoms with van der Waals surface area (Å²) in [6.07, 6.45) is 5.71. The molecule has 0 radical (unpaired) electrons. The van der Waals surface area contributed by atoms with Gasteiger partial charge in [-0.15, -0.1) is 0 Å². The third-order valence-corrected chi connectivity index (χ3v) is 4.35. The maximum absolute atomic E-state index is 6.26. The fourth-order valence-electron chi connectivity index (χ4n) is 2.65. The van der Waals surface area contributed by atoms with E-state index in [0.717, 1.165) is 29.4 Å². The summed E-state index contributed by atoms with van der Waals surface area (Å²) in [5.74, 6) is 1.90. The Morgan fingerprint density at radius 1 is 1.24 bits per heavy atom. The largest absolute Gasteiger partial charge is 0.309 e. The number of nitrogens with one attached hydrogen (secondary N) is 1. The van der Waals surface area contributed by atoms with E-state index in [9.17, 15) is 0 Å². The molecule has 0 spiro atoms. The van der Waals surface area contributed by atoms with Crippen molar-refractivity contribution in [1.29, 1.82) is 0 Å². The first kappa shape index (κ1) is 11.6. The van der Waals surface area contributed by atoms with Crippen molar-refractivity contribution >= 4 is 11.6 Å². The normalized spacial score (nSPS) is 19.9. The molecule has 0 bridgehead atoms. The van der Waals surface area contributed by atoms with Gasteiger partial charge in [-0.05, 0) is 61.6 Å². The third-order valence-electron chi connectivity index (χ3n) is 4.00. The van der Waals surface area contributed by atoms with E-state index in [0.29, 0.717) is 0 Å². The summed E-state index contributed by atoms with van der Waals surface area (Å²) in [5, 5.41) is 4.64. The van der Waals surface area contributed by atoms with Crippen molar-refractivity contribution in [2.75, 3.05) is 0 Å². The van der Waals surface area contributed by atoms with E-state index in [4.69, 9.17) is 11.6 Å². The Labute approximate surface area is 109 Å². The van der Waals surface area contributed by atoms with E-state index in [2.05, 4.69) is 30.4 Å². The van der Waals surface area contributed by atoms with Crippen LogP contribution in [0.1, 0.15) is 36.8 Å². The highest BCUT2D eigenvalue weighted by molar-refractivity contribution is 6.31. The van der Waals surface area contributed by atoms with E-state index in [-0.39, 0.29) is 0 Å². The standard InChI is InChI=1S/C15H20ClN/c1-10-2-3-13(14(16)8-10)9-17-15(11-4-5-11)12-6-7-12/h2-3,8,11-12,15,17H,4-7,9H2,1H3. The molecule has 3 rings (SSSR count). The Bertz CT molecular complexity index is 395.